The topological polar surface area (TPSA) is 66.5 Å². The molecule has 0 aliphatic heterocycles. The van der Waals surface area contributed by atoms with Crippen LogP contribution in [0.3, 0.4) is 0 Å². The minimum atomic E-state index is 0.567. The molecule has 0 fully saturated rings. The minimum Gasteiger partial charge on any atom is -0.350 e. The lowest BCUT2D eigenvalue weighted by atomic mass is 10.1. The second-order valence-electron chi connectivity index (χ2n) is 5.90. The summed E-state index contributed by atoms with van der Waals surface area (Å²) in [5, 5.41) is 5.54. The first-order valence-corrected chi connectivity index (χ1v) is 8.84. The molecular weight excluding hydrogens is 369 g/mol. The van der Waals surface area contributed by atoms with Crippen molar-refractivity contribution in [2.24, 2.45) is 0 Å². The number of nitrogens with zero attached hydrogens (tertiary/aromatic N) is 3. The third-order valence-electron chi connectivity index (χ3n) is 4.08. The average Bonchev–Trinajstić information content (AvgIpc) is 3.04. The molecule has 0 amide bonds. The van der Waals surface area contributed by atoms with E-state index in [1.165, 1.54) is 0 Å². The Bertz CT molecular complexity index is 1040. The van der Waals surface area contributed by atoms with Crippen LogP contribution in [0.5, 0.6) is 0 Å². The molecule has 130 valence electrons. The van der Waals surface area contributed by atoms with E-state index in [0.717, 1.165) is 32.7 Å². The van der Waals surface area contributed by atoms with E-state index in [2.05, 4.69) is 25.3 Å². The fourth-order valence-corrected chi connectivity index (χ4v) is 3.11. The molecule has 5 nitrogen and oxygen atoms in total. The Hall–Kier alpha value is -2.63. The number of hydrogen-bond acceptors (Lipinski definition) is 4. The maximum absolute atomic E-state index is 6.16. The highest BCUT2D eigenvalue weighted by Gasteiger charge is 2.07. The van der Waals surface area contributed by atoms with Crippen molar-refractivity contribution in [2.75, 3.05) is 5.32 Å². The number of H-pyrrole nitrogens is 1. The summed E-state index contributed by atoms with van der Waals surface area (Å²) >= 11 is 12.2. The quantitative estimate of drug-likeness (QED) is 0.516. The average molecular weight is 384 g/mol. The highest BCUT2D eigenvalue weighted by atomic mass is 35.5. The molecule has 2 N–H and O–H groups in total. The van der Waals surface area contributed by atoms with Gasteiger partial charge in [0.25, 0.3) is 0 Å². The number of aromatic nitrogens is 4. The van der Waals surface area contributed by atoms with Crippen molar-refractivity contribution < 1.29 is 0 Å². The number of rotatable bonds is 5. The van der Waals surface area contributed by atoms with Gasteiger partial charge in [-0.1, -0.05) is 41.4 Å². The molecule has 3 aromatic heterocycles. The smallest absolute Gasteiger partial charge is 0.222 e. The van der Waals surface area contributed by atoms with Crippen LogP contribution in [0.25, 0.3) is 11.0 Å². The summed E-state index contributed by atoms with van der Waals surface area (Å²) in [6.45, 7) is 0.575. The maximum atomic E-state index is 6.16. The van der Waals surface area contributed by atoms with Crippen LogP contribution in [0.1, 0.15) is 16.7 Å². The summed E-state index contributed by atoms with van der Waals surface area (Å²) in [5.74, 6) is 0.567. The van der Waals surface area contributed by atoms with Crippen LogP contribution in [0.15, 0.2) is 55.1 Å². The van der Waals surface area contributed by atoms with Crippen LogP contribution in [0.4, 0.5) is 5.95 Å². The molecule has 3 heterocycles. The molecular formula is C19H15Cl2N5. The molecule has 0 saturated heterocycles. The molecule has 7 heteroatoms. The van der Waals surface area contributed by atoms with E-state index in [9.17, 15) is 0 Å². The van der Waals surface area contributed by atoms with Gasteiger partial charge in [0.15, 0.2) is 0 Å². The van der Waals surface area contributed by atoms with Crippen molar-refractivity contribution in [1.82, 2.24) is 19.9 Å². The normalized spacial score (nSPS) is 11.0. The molecule has 0 spiro atoms. The van der Waals surface area contributed by atoms with Gasteiger partial charge in [0.05, 0.1) is 5.02 Å². The van der Waals surface area contributed by atoms with Gasteiger partial charge in [0, 0.05) is 48.2 Å². The van der Waals surface area contributed by atoms with Crippen molar-refractivity contribution in [3.05, 3.63) is 81.9 Å². The Morgan fingerprint density at radius 3 is 2.58 bits per heavy atom. The van der Waals surface area contributed by atoms with Crippen molar-refractivity contribution in [1.29, 1.82) is 0 Å². The first-order chi connectivity index (χ1) is 12.7. The lowest BCUT2D eigenvalue weighted by Gasteiger charge is -2.07. The van der Waals surface area contributed by atoms with Gasteiger partial charge in [-0.05, 0) is 28.8 Å². The first-order valence-electron chi connectivity index (χ1n) is 8.09. The molecule has 0 bridgehead atoms. The van der Waals surface area contributed by atoms with Crippen LogP contribution in [-0.4, -0.2) is 19.9 Å². The van der Waals surface area contributed by atoms with Gasteiger partial charge >= 0.3 is 0 Å². The Morgan fingerprint density at radius 1 is 0.962 bits per heavy atom. The summed E-state index contributed by atoms with van der Waals surface area (Å²) in [4.78, 5) is 16.2. The standard InChI is InChI=1S/C19H15Cl2N5/c20-15-6-16-14(10-22-18(16)23-11-15)5-12-7-24-19(25-8-12)26-9-13-3-1-2-4-17(13)21/h1-4,6-8,10-11H,5,9H2,(H,22,23)(H,24,25,26). The summed E-state index contributed by atoms with van der Waals surface area (Å²) in [5.41, 5.74) is 3.94. The van der Waals surface area contributed by atoms with E-state index in [0.29, 0.717) is 23.9 Å². The summed E-state index contributed by atoms with van der Waals surface area (Å²) in [7, 11) is 0. The van der Waals surface area contributed by atoms with Crippen LogP contribution in [0.2, 0.25) is 10.0 Å². The zero-order valence-electron chi connectivity index (χ0n) is 13.7. The van der Waals surface area contributed by atoms with Gasteiger partial charge in [-0.25, -0.2) is 15.0 Å². The van der Waals surface area contributed by atoms with E-state index < -0.39 is 0 Å². The van der Waals surface area contributed by atoms with Gasteiger partial charge in [0.1, 0.15) is 5.65 Å². The van der Waals surface area contributed by atoms with Gasteiger partial charge in [-0.3, -0.25) is 0 Å². The number of benzene rings is 1. The number of fused-ring (bicyclic) bond motifs is 1. The molecule has 4 aromatic rings. The van der Waals surface area contributed by atoms with Gasteiger partial charge < -0.3 is 10.3 Å². The molecule has 4 rings (SSSR count). The molecule has 0 unspecified atom stereocenters. The van der Waals surface area contributed by atoms with Crippen molar-refractivity contribution in [3.63, 3.8) is 0 Å². The van der Waals surface area contributed by atoms with Gasteiger partial charge in [0.2, 0.25) is 5.95 Å². The fourth-order valence-electron chi connectivity index (χ4n) is 2.75. The number of aromatic amines is 1. The molecule has 26 heavy (non-hydrogen) atoms. The number of halogens is 2. The zero-order valence-corrected chi connectivity index (χ0v) is 15.2. The minimum absolute atomic E-state index is 0.567. The number of nitrogens with one attached hydrogen (secondary N) is 2. The third-order valence-corrected chi connectivity index (χ3v) is 4.65. The number of hydrogen-bond donors (Lipinski definition) is 2. The number of pyridine rings is 1. The van der Waals surface area contributed by atoms with Crippen molar-refractivity contribution in [2.45, 2.75) is 13.0 Å². The zero-order chi connectivity index (χ0) is 17.9. The van der Waals surface area contributed by atoms with E-state index >= 15 is 0 Å². The second kappa shape index (κ2) is 7.32. The van der Waals surface area contributed by atoms with Gasteiger partial charge in [-0.15, -0.1) is 0 Å². The molecule has 0 aliphatic rings. The van der Waals surface area contributed by atoms with E-state index in [1.807, 2.05) is 48.9 Å². The van der Waals surface area contributed by atoms with Gasteiger partial charge in [-0.2, -0.15) is 0 Å². The van der Waals surface area contributed by atoms with Crippen LogP contribution in [-0.2, 0) is 13.0 Å². The highest BCUT2D eigenvalue weighted by molar-refractivity contribution is 6.31. The molecule has 0 saturated carbocycles. The van der Waals surface area contributed by atoms with Crippen molar-refractivity contribution >= 4 is 40.2 Å². The van der Waals surface area contributed by atoms with Crippen LogP contribution in [0, 0.1) is 0 Å². The SMILES string of the molecule is Clc1cnc2[nH]cc(Cc3cnc(NCc4ccccc4Cl)nc3)c2c1. The summed E-state index contributed by atoms with van der Waals surface area (Å²) < 4.78 is 0. The molecule has 0 aliphatic carbocycles. The Balaban J connectivity index is 1.45. The fraction of sp³-hybridized carbons (Fsp3) is 0.105. The molecule has 0 radical (unpaired) electrons. The first kappa shape index (κ1) is 16.8. The lowest BCUT2D eigenvalue weighted by Crippen LogP contribution is -2.04. The summed E-state index contributed by atoms with van der Waals surface area (Å²) in [6, 6.07) is 9.61. The Labute approximate surface area is 160 Å². The van der Waals surface area contributed by atoms with E-state index in [1.54, 1.807) is 6.20 Å². The van der Waals surface area contributed by atoms with E-state index in [-0.39, 0.29) is 0 Å². The largest absolute Gasteiger partial charge is 0.350 e. The Kier molecular flexibility index (Phi) is 4.73. The van der Waals surface area contributed by atoms with Crippen LogP contribution < -0.4 is 5.32 Å². The second-order valence-corrected chi connectivity index (χ2v) is 6.74. The Morgan fingerprint density at radius 2 is 1.77 bits per heavy atom. The third kappa shape index (κ3) is 3.64. The predicted octanol–water partition coefficient (Wildman–Crippen LogP) is 4.86. The van der Waals surface area contributed by atoms with Crippen molar-refractivity contribution in [3.8, 4) is 0 Å². The predicted molar refractivity (Wildman–Crippen MR) is 105 cm³/mol. The monoisotopic (exact) mass is 383 g/mol. The van der Waals surface area contributed by atoms with Crippen LogP contribution >= 0.6 is 23.2 Å². The molecule has 0 atom stereocenters. The maximum Gasteiger partial charge on any atom is 0.222 e. The number of anilines is 1. The highest BCUT2D eigenvalue weighted by Crippen LogP contribution is 2.22. The van der Waals surface area contributed by atoms with E-state index in [4.69, 9.17) is 23.2 Å². The lowest BCUT2D eigenvalue weighted by molar-refractivity contribution is 1.02. The molecule has 1 aromatic carbocycles. The summed E-state index contributed by atoms with van der Waals surface area (Å²) in [6.07, 6.45) is 7.91.